The summed E-state index contributed by atoms with van der Waals surface area (Å²) < 4.78 is 36.3. The molecular weight excluding hydrogens is 268 g/mol. The number of piperidine rings is 1. The van der Waals surface area contributed by atoms with Crippen molar-refractivity contribution in [3.8, 4) is 0 Å². The maximum Gasteiger partial charge on any atom is 0.216 e. The Morgan fingerprint density at radius 2 is 1.95 bits per heavy atom. The molecule has 0 aromatic carbocycles. The van der Waals surface area contributed by atoms with Crippen LogP contribution >= 0.6 is 0 Å². The first-order valence-corrected chi connectivity index (χ1v) is 8.58. The number of nitrogens with two attached hydrogens (primary N) is 1. The highest BCUT2D eigenvalue weighted by Crippen LogP contribution is 2.17. The number of hydrogen-bond acceptors (Lipinski definition) is 5. The molecule has 0 spiro atoms. The van der Waals surface area contributed by atoms with Crippen molar-refractivity contribution in [2.24, 2.45) is 5.73 Å². The maximum atomic E-state index is 12.0. The van der Waals surface area contributed by atoms with Gasteiger partial charge in [0.05, 0.1) is 18.5 Å². The molecule has 0 aromatic heterocycles. The lowest BCUT2D eigenvalue weighted by molar-refractivity contribution is 0.0208. The van der Waals surface area contributed by atoms with Gasteiger partial charge in [-0.1, -0.05) is 0 Å². The van der Waals surface area contributed by atoms with Gasteiger partial charge in [0.25, 0.3) is 0 Å². The first-order valence-electron chi connectivity index (χ1n) is 6.97. The smallest absolute Gasteiger partial charge is 0.216 e. The maximum absolute atomic E-state index is 12.0. The van der Waals surface area contributed by atoms with Crippen molar-refractivity contribution in [1.82, 2.24) is 4.31 Å². The van der Waals surface area contributed by atoms with Crippen molar-refractivity contribution in [2.45, 2.75) is 32.3 Å². The van der Waals surface area contributed by atoms with Crippen molar-refractivity contribution >= 4 is 10.0 Å². The zero-order valence-corrected chi connectivity index (χ0v) is 12.5. The number of nitrogens with zero attached hydrogens (tertiary/aromatic N) is 1. The van der Waals surface area contributed by atoms with Gasteiger partial charge in [0.15, 0.2) is 0 Å². The summed E-state index contributed by atoms with van der Waals surface area (Å²) >= 11 is 0. The van der Waals surface area contributed by atoms with E-state index in [0.717, 1.165) is 19.3 Å². The number of sulfonamides is 1. The van der Waals surface area contributed by atoms with E-state index in [2.05, 4.69) is 0 Å². The molecule has 0 saturated carbocycles. The van der Waals surface area contributed by atoms with Crippen LogP contribution in [0.2, 0.25) is 0 Å². The van der Waals surface area contributed by atoms with Gasteiger partial charge in [0.1, 0.15) is 0 Å². The highest BCUT2D eigenvalue weighted by atomic mass is 32.2. The molecule has 19 heavy (non-hydrogen) atoms. The molecule has 1 heterocycles. The van der Waals surface area contributed by atoms with Crippen LogP contribution in [-0.2, 0) is 19.5 Å². The minimum absolute atomic E-state index is 0.0690. The van der Waals surface area contributed by atoms with Gasteiger partial charge in [0.2, 0.25) is 10.0 Å². The monoisotopic (exact) mass is 294 g/mol. The van der Waals surface area contributed by atoms with Crippen LogP contribution in [0.3, 0.4) is 0 Å². The van der Waals surface area contributed by atoms with E-state index in [0.29, 0.717) is 32.8 Å². The minimum Gasteiger partial charge on any atom is -0.381 e. The average Bonchev–Trinajstić information content (AvgIpc) is 2.40. The largest absolute Gasteiger partial charge is 0.381 e. The molecule has 1 aliphatic rings. The van der Waals surface area contributed by atoms with E-state index in [-0.39, 0.29) is 18.5 Å². The predicted molar refractivity (Wildman–Crippen MR) is 74.5 cm³/mol. The van der Waals surface area contributed by atoms with Gasteiger partial charge >= 0.3 is 0 Å². The number of rotatable bonds is 9. The second kappa shape index (κ2) is 8.86. The van der Waals surface area contributed by atoms with Crippen LogP contribution in [-0.4, -0.2) is 64.0 Å². The van der Waals surface area contributed by atoms with Gasteiger partial charge in [-0.25, -0.2) is 12.7 Å². The summed E-state index contributed by atoms with van der Waals surface area (Å²) in [4.78, 5) is 0. The van der Waals surface area contributed by atoms with Gasteiger partial charge in [-0.2, -0.15) is 0 Å². The van der Waals surface area contributed by atoms with Crippen LogP contribution in [0.25, 0.3) is 0 Å². The summed E-state index contributed by atoms with van der Waals surface area (Å²) in [5.41, 5.74) is 5.40. The van der Waals surface area contributed by atoms with Gasteiger partial charge in [0, 0.05) is 26.3 Å². The third kappa shape index (κ3) is 6.18. The molecule has 6 nitrogen and oxygen atoms in total. The predicted octanol–water partition coefficient (Wildman–Crippen LogP) is 0.183. The van der Waals surface area contributed by atoms with Crippen molar-refractivity contribution in [2.75, 3.05) is 45.2 Å². The Kier molecular flexibility index (Phi) is 7.86. The summed E-state index contributed by atoms with van der Waals surface area (Å²) in [7, 11) is -3.17. The van der Waals surface area contributed by atoms with Gasteiger partial charge < -0.3 is 15.2 Å². The lowest BCUT2D eigenvalue weighted by Crippen LogP contribution is -2.42. The molecule has 2 N–H and O–H groups in total. The molecule has 0 aliphatic carbocycles. The third-order valence-corrected chi connectivity index (χ3v) is 5.02. The van der Waals surface area contributed by atoms with E-state index in [9.17, 15) is 8.42 Å². The third-order valence-electron chi connectivity index (χ3n) is 3.19. The molecule has 0 unspecified atom stereocenters. The van der Waals surface area contributed by atoms with Crippen molar-refractivity contribution in [3.63, 3.8) is 0 Å². The minimum atomic E-state index is -3.17. The quantitative estimate of drug-likeness (QED) is 0.614. The summed E-state index contributed by atoms with van der Waals surface area (Å²) in [6.45, 7) is 5.06. The Labute approximate surface area is 116 Å². The average molecular weight is 294 g/mol. The lowest BCUT2D eigenvalue weighted by atomic mass is 10.1. The molecule has 7 heteroatoms. The molecule has 1 aliphatic heterocycles. The number of ether oxygens (including phenoxy) is 2. The SMILES string of the molecule is CCOCCS(=O)(=O)N1CCC(OCCCN)CC1. The van der Waals surface area contributed by atoms with Crippen LogP contribution in [0, 0.1) is 0 Å². The van der Waals surface area contributed by atoms with Crippen LogP contribution < -0.4 is 5.73 Å². The second-order valence-corrected chi connectivity index (χ2v) is 6.71. The van der Waals surface area contributed by atoms with Crippen LogP contribution in [0.1, 0.15) is 26.2 Å². The summed E-state index contributed by atoms with van der Waals surface area (Å²) in [5, 5.41) is 0. The van der Waals surface area contributed by atoms with Gasteiger partial charge in [-0.15, -0.1) is 0 Å². The van der Waals surface area contributed by atoms with Crippen molar-refractivity contribution < 1.29 is 17.9 Å². The van der Waals surface area contributed by atoms with E-state index in [1.165, 1.54) is 0 Å². The van der Waals surface area contributed by atoms with Crippen LogP contribution in [0.4, 0.5) is 0 Å². The highest BCUT2D eigenvalue weighted by molar-refractivity contribution is 7.89. The fourth-order valence-electron chi connectivity index (χ4n) is 2.05. The Hall–Kier alpha value is -0.210. The first-order chi connectivity index (χ1) is 9.10. The molecule has 0 bridgehead atoms. The summed E-state index contributed by atoms with van der Waals surface area (Å²) in [5.74, 6) is 0.0690. The summed E-state index contributed by atoms with van der Waals surface area (Å²) in [6.07, 6.45) is 2.55. The lowest BCUT2D eigenvalue weighted by Gasteiger charge is -2.31. The molecule has 1 rings (SSSR count). The standard InChI is InChI=1S/C12H26N2O4S/c1-2-17-10-11-19(15,16)14-7-4-12(5-8-14)18-9-3-6-13/h12H,2-11,13H2,1H3. The molecule has 0 aromatic rings. The van der Waals surface area contributed by atoms with E-state index in [4.69, 9.17) is 15.2 Å². The Morgan fingerprint density at radius 1 is 1.26 bits per heavy atom. The molecule has 1 fully saturated rings. The Morgan fingerprint density at radius 3 is 2.53 bits per heavy atom. The van der Waals surface area contributed by atoms with E-state index in [1.807, 2.05) is 6.92 Å². The van der Waals surface area contributed by atoms with Crippen molar-refractivity contribution in [1.29, 1.82) is 0 Å². The van der Waals surface area contributed by atoms with Crippen LogP contribution in [0.15, 0.2) is 0 Å². The van der Waals surface area contributed by atoms with Gasteiger partial charge in [-0.05, 0) is 32.7 Å². The van der Waals surface area contributed by atoms with E-state index >= 15 is 0 Å². The fraction of sp³-hybridized carbons (Fsp3) is 1.00. The van der Waals surface area contributed by atoms with Gasteiger partial charge in [-0.3, -0.25) is 0 Å². The zero-order chi connectivity index (χ0) is 14.1. The normalized spacial score (nSPS) is 18.8. The molecule has 0 amide bonds. The molecular formula is C12H26N2O4S. The van der Waals surface area contributed by atoms with E-state index in [1.54, 1.807) is 4.31 Å². The van der Waals surface area contributed by atoms with Crippen molar-refractivity contribution in [3.05, 3.63) is 0 Å². The molecule has 0 radical (unpaired) electrons. The zero-order valence-electron chi connectivity index (χ0n) is 11.7. The number of hydrogen-bond donors (Lipinski definition) is 1. The highest BCUT2D eigenvalue weighted by Gasteiger charge is 2.27. The molecule has 0 atom stereocenters. The molecule has 1 saturated heterocycles. The molecule has 114 valence electrons. The topological polar surface area (TPSA) is 81.9 Å². The summed E-state index contributed by atoms with van der Waals surface area (Å²) in [6, 6.07) is 0. The Balaban J connectivity index is 2.28. The Bertz CT molecular complexity index is 327. The fourth-order valence-corrected chi connectivity index (χ4v) is 3.40. The first kappa shape index (κ1) is 16.8. The second-order valence-electron chi connectivity index (χ2n) is 4.62. The van der Waals surface area contributed by atoms with Crippen LogP contribution in [0.5, 0.6) is 0 Å². The van der Waals surface area contributed by atoms with E-state index < -0.39 is 10.0 Å².